The van der Waals surface area contributed by atoms with Crippen LogP contribution in [0.4, 0.5) is 11.6 Å². The van der Waals surface area contributed by atoms with E-state index in [-0.39, 0.29) is 12.5 Å². The van der Waals surface area contributed by atoms with Crippen molar-refractivity contribution in [3.8, 4) is 17.2 Å². The molecule has 7 heteroatoms. The van der Waals surface area contributed by atoms with E-state index in [1.54, 1.807) is 24.1 Å². The monoisotopic (exact) mass is 391 g/mol. The Labute approximate surface area is 168 Å². The molecule has 7 nitrogen and oxygen atoms in total. The summed E-state index contributed by atoms with van der Waals surface area (Å²) >= 11 is 0. The largest absolute Gasteiger partial charge is 0.497 e. The molecule has 2 aromatic carbocycles. The Hall–Kier alpha value is -3.74. The molecule has 0 saturated carbocycles. The van der Waals surface area contributed by atoms with Gasteiger partial charge in [0, 0.05) is 5.56 Å². The van der Waals surface area contributed by atoms with Gasteiger partial charge in [-0.1, -0.05) is 30.3 Å². The molecule has 1 amide bonds. The summed E-state index contributed by atoms with van der Waals surface area (Å²) in [5.74, 6) is 2.46. The van der Waals surface area contributed by atoms with Gasteiger partial charge >= 0.3 is 0 Å². The Kier molecular flexibility index (Phi) is 5.20. The molecular weight excluding hydrogens is 370 g/mol. The van der Waals surface area contributed by atoms with Crippen molar-refractivity contribution in [1.82, 2.24) is 4.98 Å². The summed E-state index contributed by atoms with van der Waals surface area (Å²) in [6.07, 6.45) is -0.741. The Bertz CT molecular complexity index is 993. The summed E-state index contributed by atoms with van der Waals surface area (Å²) in [4.78, 5) is 19.0. The number of benzene rings is 2. The van der Waals surface area contributed by atoms with E-state index in [1.807, 2.05) is 54.6 Å². The minimum atomic E-state index is -0.741. The number of rotatable bonds is 6. The molecule has 0 aliphatic carbocycles. The number of hydrogen-bond donors (Lipinski definition) is 1. The number of anilines is 2. The maximum Gasteiger partial charge on any atom is 0.274 e. The second-order valence-electron chi connectivity index (χ2n) is 6.48. The van der Waals surface area contributed by atoms with Gasteiger partial charge in [-0.25, -0.2) is 4.98 Å². The molecule has 1 unspecified atom stereocenters. The van der Waals surface area contributed by atoms with Gasteiger partial charge in [-0.2, -0.15) is 0 Å². The minimum absolute atomic E-state index is 0.208. The number of ether oxygens (including phenoxy) is 3. The van der Waals surface area contributed by atoms with Crippen molar-refractivity contribution < 1.29 is 19.0 Å². The highest BCUT2D eigenvalue weighted by Gasteiger charge is 2.36. The van der Waals surface area contributed by atoms with E-state index in [2.05, 4.69) is 4.98 Å². The Morgan fingerprint density at radius 3 is 2.48 bits per heavy atom. The summed E-state index contributed by atoms with van der Waals surface area (Å²) in [5, 5.41) is 0. The first-order valence-electron chi connectivity index (χ1n) is 9.22. The molecule has 2 heterocycles. The van der Waals surface area contributed by atoms with E-state index in [0.29, 0.717) is 29.7 Å². The molecule has 0 bridgehead atoms. The fourth-order valence-corrected chi connectivity index (χ4v) is 3.14. The number of carbonyl (C=O) groups excluding carboxylic acids is 1. The second kappa shape index (κ2) is 8.10. The lowest BCUT2D eigenvalue weighted by atomic mass is 10.1. The molecule has 0 radical (unpaired) electrons. The van der Waals surface area contributed by atoms with Gasteiger partial charge in [-0.15, -0.1) is 0 Å². The second-order valence-corrected chi connectivity index (χ2v) is 6.48. The lowest BCUT2D eigenvalue weighted by molar-refractivity contribution is -0.126. The summed E-state index contributed by atoms with van der Waals surface area (Å²) in [5.41, 5.74) is 6.61. The highest BCUT2D eigenvalue weighted by molar-refractivity contribution is 5.99. The number of nitrogen functional groups attached to an aromatic ring is 1. The zero-order chi connectivity index (χ0) is 20.2. The van der Waals surface area contributed by atoms with E-state index in [9.17, 15) is 4.79 Å². The minimum Gasteiger partial charge on any atom is -0.497 e. The number of carbonyl (C=O) groups is 1. The average Bonchev–Trinajstić information content (AvgIpc) is 2.76. The van der Waals surface area contributed by atoms with Crippen LogP contribution in [0.15, 0.2) is 66.7 Å². The topological polar surface area (TPSA) is 86.9 Å². The summed E-state index contributed by atoms with van der Waals surface area (Å²) in [6.45, 7) is 0.594. The quantitative estimate of drug-likeness (QED) is 0.694. The molecule has 0 saturated heterocycles. The summed E-state index contributed by atoms with van der Waals surface area (Å²) in [6, 6.07) is 20.0. The molecule has 29 heavy (non-hydrogen) atoms. The van der Waals surface area contributed by atoms with Gasteiger partial charge in [0.15, 0.2) is 11.6 Å². The van der Waals surface area contributed by atoms with Crippen molar-refractivity contribution in [2.24, 2.45) is 0 Å². The first kappa shape index (κ1) is 18.6. The van der Waals surface area contributed by atoms with E-state index < -0.39 is 6.10 Å². The Balaban J connectivity index is 1.54. The van der Waals surface area contributed by atoms with Crippen molar-refractivity contribution in [1.29, 1.82) is 0 Å². The zero-order valence-corrected chi connectivity index (χ0v) is 15.9. The average molecular weight is 391 g/mol. The van der Waals surface area contributed by atoms with Crippen LogP contribution in [-0.4, -0.2) is 31.2 Å². The van der Waals surface area contributed by atoms with E-state index >= 15 is 0 Å². The number of amides is 1. The van der Waals surface area contributed by atoms with Crippen LogP contribution in [0.3, 0.4) is 0 Å². The fraction of sp³-hybridized carbons (Fsp3) is 0.182. The molecular formula is C22H21N3O4. The SMILES string of the molecule is COc1ccc(OCCN2C(=O)C(c3ccccc3)Oc3ccc(N)nc32)cc1. The highest BCUT2D eigenvalue weighted by atomic mass is 16.5. The van der Waals surface area contributed by atoms with Crippen LogP contribution in [0.5, 0.6) is 17.2 Å². The van der Waals surface area contributed by atoms with Crippen LogP contribution >= 0.6 is 0 Å². The zero-order valence-electron chi connectivity index (χ0n) is 15.9. The predicted molar refractivity (Wildman–Crippen MR) is 109 cm³/mol. The Morgan fingerprint density at radius 1 is 1.03 bits per heavy atom. The van der Waals surface area contributed by atoms with Gasteiger partial charge in [0.2, 0.25) is 6.10 Å². The normalized spacial score (nSPS) is 15.4. The lowest BCUT2D eigenvalue weighted by Crippen LogP contribution is -2.43. The van der Waals surface area contributed by atoms with E-state index in [1.165, 1.54) is 0 Å². The van der Waals surface area contributed by atoms with Crippen LogP contribution in [0.2, 0.25) is 0 Å². The van der Waals surface area contributed by atoms with Crippen molar-refractivity contribution >= 4 is 17.5 Å². The van der Waals surface area contributed by atoms with Crippen molar-refractivity contribution in [3.05, 3.63) is 72.3 Å². The molecule has 1 aliphatic heterocycles. The number of nitrogens with two attached hydrogens (primary N) is 1. The molecule has 148 valence electrons. The van der Waals surface area contributed by atoms with Crippen molar-refractivity contribution in [2.75, 3.05) is 30.9 Å². The number of fused-ring (bicyclic) bond motifs is 1. The molecule has 4 rings (SSSR count). The number of aromatic nitrogens is 1. The number of pyridine rings is 1. The molecule has 0 fully saturated rings. The van der Waals surface area contributed by atoms with Crippen molar-refractivity contribution in [3.63, 3.8) is 0 Å². The third kappa shape index (κ3) is 3.94. The van der Waals surface area contributed by atoms with Gasteiger partial charge in [-0.3, -0.25) is 9.69 Å². The van der Waals surface area contributed by atoms with Crippen LogP contribution in [0, 0.1) is 0 Å². The van der Waals surface area contributed by atoms with E-state index in [4.69, 9.17) is 19.9 Å². The Morgan fingerprint density at radius 2 is 1.76 bits per heavy atom. The van der Waals surface area contributed by atoms with Crippen LogP contribution in [0.1, 0.15) is 11.7 Å². The molecule has 1 aromatic heterocycles. The third-order valence-electron chi connectivity index (χ3n) is 4.60. The fourth-order valence-electron chi connectivity index (χ4n) is 3.14. The smallest absolute Gasteiger partial charge is 0.274 e. The summed E-state index contributed by atoms with van der Waals surface area (Å²) in [7, 11) is 1.61. The van der Waals surface area contributed by atoms with Gasteiger partial charge in [0.1, 0.15) is 23.9 Å². The maximum absolute atomic E-state index is 13.2. The maximum atomic E-state index is 13.2. The van der Waals surface area contributed by atoms with Crippen LogP contribution in [-0.2, 0) is 4.79 Å². The molecule has 1 aliphatic rings. The van der Waals surface area contributed by atoms with Crippen LogP contribution < -0.4 is 24.8 Å². The molecule has 2 N–H and O–H groups in total. The first-order valence-corrected chi connectivity index (χ1v) is 9.22. The highest BCUT2D eigenvalue weighted by Crippen LogP contribution is 2.37. The number of nitrogens with zero attached hydrogens (tertiary/aromatic N) is 2. The van der Waals surface area contributed by atoms with Crippen molar-refractivity contribution in [2.45, 2.75) is 6.10 Å². The molecule has 1 atom stereocenters. The van der Waals surface area contributed by atoms with Crippen LogP contribution in [0.25, 0.3) is 0 Å². The standard InChI is InChI=1S/C22H21N3O4/c1-27-16-7-9-17(10-8-16)28-14-13-25-21-18(11-12-19(23)24-21)29-20(22(25)26)15-5-3-2-4-6-15/h2-12,20H,13-14H2,1H3,(H2,23,24). The van der Waals surface area contributed by atoms with Gasteiger partial charge in [-0.05, 0) is 36.4 Å². The van der Waals surface area contributed by atoms with Gasteiger partial charge in [0.05, 0.1) is 13.7 Å². The lowest BCUT2D eigenvalue weighted by Gasteiger charge is -2.33. The van der Waals surface area contributed by atoms with E-state index in [0.717, 1.165) is 11.3 Å². The van der Waals surface area contributed by atoms with Gasteiger partial charge in [0.25, 0.3) is 5.91 Å². The molecule has 3 aromatic rings. The van der Waals surface area contributed by atoms with Gasteiger partial charge < -0.3 is 19.9 Å². The predicted octanol–water partition coefficient (Wildman–Crippen LogP) is 3.22. The number of hydrogen-bond acceptors (Lipinski definition) is 6. The first-order chi connectivity index (χ1) is 14.2. The summed E-state index contributed by atoms with van der Waals surface area (Å²) < 4.78 is 16.9. The third-order valence-corrected chi connectivity index (χ3v) is 4.60. The molecule has 0 spiro atoms. The number of methoxy groups -OCH3 is 1.